The number of aryl methyl sites for hydroxylation is 1. The minimum atomic E-state index is -0.924. The Morgan fingerprint density at radius 3 is 2.66 bits per heavy atom. The van der Waals surface area contributed by atoms with E-state index in [1.165, 1.54) is 22.7 Å². The van der Waals surface area contributed by atoms with Crippen LogP contribution in [0.2, 0.25) is 0 Å². The molecule has 0 bridgehead atoms. The molecule has 1 aliphatic heterocycles. The van der Waals surface area contributed by atoms with E-state index >= 15 is 0 Å². The van der Waals surface area contributed by atoms with Crippen molar-refractivity contribution in [1.29, 1.82) is 0 Å². The summed E-state index contributed by atoms with van der Waals surface area (Å²) in [5.74, 6) is -1.21. The SMILES string of the molecule is Cc1ccc(SC2=C(C=C3SC(=S)N(CCCC(=O)O)C3=O)c3cc([N+](=O)[O-])ccc3C2C)cc1. The molecule has 1 heterocycles. The minimum absolute atomic E-state index is 0.00958. The maximum atomic E-state index is 13.1. The van der Waals surface area contributed by atoms with Gasteiger partial charge in [-0.2, -0.15) is 0 Å². The van der Waals surface area contributed by atoms with Gasteiger partial charge in [-0.25, -0.2) is 0 Å². The predicted molar refractivity (Wildman–Crippen MR) is 142 cm³/mol. The van der Waals surface area contributed by atoms with E-state index in [0.29, 0.717) is 15.6 Å². The second-order valence-electron chi connectivity index (χ2n) is 8.27. The van der Waals surface area contributed by atoms with Crippen LogP contribution in [0.15, 0.2) is 63.2 Å². The monoisotopic (exact) mass is 526 g/mol. The lowest BCUT2D eigenvalue weighted by atomic mass is 10.0. The van der Waals surface area contributed by atoms with Crippen LogP contribution >= 0.6 is 35.7 Å². The lowest BCUT2D eigenvalue weighted by Gasteiger charge is -2.13. The van der Waals surface area contributed by atoms with E-state index < -0.39 is 10.9 Å². The predicted octanol–water partition coefficient (Wildman–Crippen LogP) is 6.13. The molecule has 0 aromatic heterocycles. The van der Waals surface area contributed by atoms with E-state index in [0.717, 1.165) is 32.1 Å². The zero-order valence-corrected chi connectivity index (χ0v) is 21.5. The first-order chi connectivity index (χ1) is 16.7. The van der Waals surface area contributed by atoms with Crippen molar-refractivity contribution in [2.24, 2.45) is 0 Å². The van der Waals surface area contributed by atoms with Gasteiger partial charge in [0.1, 0.15) is 4.32 Å². The number of thioether (sulfide) groups is 2. The van der Waals surface area contributed by atoms with Crippen LogP contribution in [0.5, 0.6) is 0 Å². The molecule has 0 spiro atoms. The number of amides is 1. The molecule has 1 amide bonds. The molecule has 1 saturated heterocycles. The second kappa shape index (κ2) is 10.3. The van der Waals surface area contributed by atoms with Gasteiger partial charge in [0.2, 0.25) is 0 Å². The number of fused-ring (bicyclic) bond motifs is 1. The topological polar surface area (TPSA) is 101 Å². The third-order valence-electron chi connectivity index (χ3n) is 5.83. The minimum Gasteiger partial charge on any atom is -0.481 e. The molecule has 0 radical (unpaired) electrons. The Hall–Kier alpha value is -2.95. The largest absolute Gasteiger partial charge is 0.481 e. The highest BCUT2D eigenvalue weighted by Crippen LogP contribution is 2.51. The van der Waals surface area contributed by atoms with E-state index in [1.54, 1.807) is 30.0 Å². The Morgan fingerprint density at radius 1 is 1.29 bits per heavy atom. The van der Waals surface area contributed by atoms with E-state index in [-0.39, 0.29) is 30.5 Å². The number of nitrogens with zero attached hydrogens (tertiary/aromatic N) is 2. The number of carboxylic acid groups (broad SMARTS) is 1. The summed E-state index contributed by atoms with van der Waals surface area (Å²) in [6, 6.07) is 13.0. The molecule has 1 fully saturated rings. The van der Waals surface area contributed by atoms with Gasteiger partial charge in [-0.05, 0) is 48.3 Å². The van der Waals surface area contributed by atoms with Crippen LogP contribution in [0.4, 0.5) is 5.69 Å². The summed E-state index contributed by atoms with van der Waals surface area (Å²) < 4.78 is 0.380. The summed E-state index contributed by atoms with van der Waals surface area (Å²) in [6.07, 6.45) is 2.03. The number of thiocarbonyl (C=S) groups is 1. The van der Waals surface area contributed by atoms with Gasteiger partial charge in [0.25, 0.3) is 11.6 Å². The zero-order valence-electron chi connectivity index (χ0n) is 19.0. The maximum absolute atomic E-state index is 13.1. The van der Waals surface area contributed by atoms with E-state index in [4.69, 9.17) is 17.3 Å². The van der Waals surface area contributed by atoms with Crippen LogP contribution in [0, 0.1) is 17.0 Å². The standard InChI is InChI=1S/C25H22N2O5S3/c1-14-5-8-17(9-6-14)34-23-15(2)18-10-7-16(27(31)32)12-19(18)20(23)13-21-24(30)26(25(33)35-21)11-3-4-22(28)29/h5-10,12-13,15H,3-4,11H2,1-2H3,(H,28,29). The number of carbonyl (C=O) groups excluding carboxylic acids is 1. The molecule has 7 nitrogen and oxygen atoms in total. The number of allylic oxidation sites excluding steroid dienone is 3. The number of nitro groups is 1. The number of hydrogen-bond donors (Lipinski definition) is 1. The van der Waals surface area contributed by atoms with Crippen molar-refractivity contribution in [3.05, 3.63) is 85.2 Å². The van der Waals surface area contributed by atoms with Gasteiger partial charge in [0, 0.05) is 40.8 Å². The molecule has 1 N–H and O–H groups in total. The van der Waals surface area contributed by atoms with Gasteiger partial charge in [-0.3, -0.25) is 24.6 Å². The number of nitro benzene ring substituents is 1. The van der Waals surface area contributed by atoms with E-state index in [1.807, 2.05) is 31.2 Å². The molecular weight excluding hydrogens is 504 g/mol. The van der Waals surface area contributed by atoms with Crippen LogP contribution in [0.25, 0.3) is 5.57 Å². The van der Waals surface area contributed by atoms with Crippen LogP contribution in [0.1, 0.15) is 42.4 Å². The van der Waals surface area contributed by atoms with Crippen molar-refractivity contribution in [3.63, 3.8) is 0 Å². The fourth-order valence-corrected chi connectivity index (χ4v) is 6.41. The molecule has 0 saturated carbocycles. The van der Waals surface area contributed by atoms with Gasteiger partial charge < -0.3 is 5.11 Å². The fraction of sp³-hybridized carbons (Fsp3) is 0.240. The number of carbonyl (C=O) groups is 2. The van der Waals surface area contributed by atoms with Gasteiger partial charge in [-0.1, -0.05) is 66.4 Å². The van der Waals surface area contributed by atoms with Crippen molar-refractivity contribution in [3.8, 4) is 0 Å². The third-order valence-corrected chi connectivity index (χ3v) is 8.51. The van der Waals surface area contributed by atoms with E-state index in [9.17, 15) is 19.7 Å². The summed E-state index contributed by atoms with van der Waals surface area (Å²) in [5.41, 5.74) is 3.61. The van der Waals surface area contributed by atoms with Crippen LogP contribution < -0.4 is 0 Å². The van der Waals surface area contributed by atoms with Crippen molar-refractivity contribution >= 4 is 63.2 Å². The number of carboxylic acids is 1. The smallest absolute Gasteiger partial charge is 0.303 e. The zero-order chi connectivity index (χ0) is 25.3. The quantitative estimate of drug-likeness (QED) is 0.190. The summed E-state index contributed by atoms with van der Waals surface area (Å²) >= 11 is 8.14. The van der Waals surface area contributed by atoms with Crippen molar-refractivity contribution < 1.29 is 19.6 Å². The molecule has 1 unspecified atom stereocenters. The Balaban J connectivity index is 1.74. The number of aliphatic carboxylic acids is 1. The van der Waals surface area contributed by atoms with Gasteiger partial charge in [-0.15, -0.1) is 0 Å². The molecule has 180 valence electrons. The number of benzene rings is 2. The van der Waals surface area contributed by atoms with Gasteiger partial charge in [0.05, 0.1) is 9.83 Å². The Morgan fingerprint density at radius 2 is 2.00 bits per heavy atom. The molecule has 2 aromatic carbocycles. The maximum Gasteiger partial charge on any atom is 0.303 e. The first-order valence-corrected chi connectivity index (χ1v) is 12.9. The van der Waals surface area contributed by atoms with Crippen molar-refractivity contribution in [2.45, 2.75) is 37.5 Å². The highest BCUT2D eigenvalue weighted by atomic mass is 32.2. The summed E-state index contributed by atoms with van der Waals surface area (Å²) in [5, 5.41) is 20.4. The molecule has 4 rings (SSSR count). The van der Waals surface area contributed by atoms with Crippen molar-refractivity contribution in [2.75, 3.05) is 6.54 Å². The molecule has 2 aromatic rings. The fourth-order valence-electron chi connectivity index (χ4n) is 4.01. The number of hydrogen-bond acceptors (Lipinski definition) is 7. The van der Waals surface area contributed by atoms with Gasteiger partial charge >= 0.3 is 5.97 Å². The highest BCUT2D eigenvalue weighted by Gasteiger charge is 2.35. The van der Waals surface area contributed by atoms with Crippen LogP contribution in [-0.2, 0) is 9.59 Å². The van der Waals surface area contributed by atoms with Crippen LogP contribution in [-0.4, -0.2) is 37.7 Å². The normalized spacial score (nSPS) is 18.5. The number of non-ortho nitro benzene ring substituents is 1. The average Bonchev–Trinajstić information content (AvgIpc) is 3.22. The van der Waals surface area contributed by atoms with Gasteiger partial charge in [0.15, 0.2) is 0 Å². The highest BCUT2D eigenvalue weighted by molar-refractivity contribution is 8.26. The molecule has 1 atom stereocenters. The first-order valence-electron chi connectivity index (χ1n) is 10.9. The molecule has 2 aliphatic rings. The Kier molecular flexibility index (Phi) is 7.44. The number of rotatable bonds is 8. The molecule has 35 heavy (non-hydrogen) atoms. The lowest BCUT2D eigenvalue weighted by Crippen LogP contribution is -2.29. The summed E-state index contributed by atoms with van der Waals surface area (Å²) in [7, 11) is 0. The molecule has 1 aliphatic carbocycles. The lowest BCUT2D eigenvalue weighted by molar-refractivity contribution is -0.384. The van der Waals surface area contributed by atoms with E-state index in [2.05, 4.69) is 6.92 Å². The molecule has 10 heteroatoms. The van der Waals surface area contributed by atoms with Crippen LogP contribution in [0.3, 0.4) is 0 Å². The first kappa shape index (κ1) is 25.2. The van der Waals surface area contributed by atoms with Crippen molar-refractivity contribution in [1.82, 2.24) is 4.90 Å². The second-order valence-corrected chi connectivity index (χ2v) is 11.1. The summed E-state index contributed by atoms with van der Waals surface area (Å²) in [6.45, 7) is 4.31. The third kappa shape index (κ3) is 5.34. The summed E-state index contributed by atoms with van der Waals surface area (Å²) in [4.78, 5) is 38.9. The molecular formula is C25H22N2O5S3. The average molecular weight is 527 g/mol. The Labute approximate surface area is 216 Å². The Bertz CT molecular complexity index is 1300.